The molecule has 2 aromatic carbocycles. The van der Waals surface area contributed by atoms with Gasteiger partial charge in [0.15, 0.2) is 5.69 Å². The predicted octanol–water partition coefficient (Wildman–Crippen LogP) is 3.91. The SMILES string of the molecule is COc1cccc(-n2nc(C#N)cc2-c2ccc3c(c2)CCC3)c1. The van der Waals surface area contributed by atoms with Gasteiger partial charge in [-0.05, 0) is 48.6 Å². The summed E-state index contributed by atoms with van der Waals surface area (Å²) >= 11 is 0. The van der Waals surface area contributed by atoms with Crippen LogP contribution in [0.1, 0.15) is 23.2 Å². The van der Waals surface area contributed by atoms with Crippen LogP contribution in [0.15, 0.2) is 48.5 Å². The highest BCUT2D eigenvalue weighted by Gasteiger charge is 2.16. The first-order valence-corrected chi connectivity index (χ1v) is 8.05. The van der Waals surface area contributed by atoms with E-state index >= 15 is 0 Å². The number of ether oxygens (including phenoxy) is 1. The van der Waals surface area contributed by atoms with Crippen molar-refractivity contribution in [3.63, 3.8) is 0 Å². The van der Waals surface area contributed by atoms with Crippen LogP contribution >= 0.6 is 0 Å². The molecule has 0 saturated heterocycles. The van der Waals surface area contributed by atoms with E-state index in [1.54, 1.807) is 7.11 Å². The van der Waals surface area contributed by atoms with Crippen LogP contribution in [0.25, 0.3) is 16.9 Å². The van der Waals surface area contributed by atoms with Gasteiger partial charge in [0.25, 0.3) is 0 Å². The molecule has 0 N–H and O–H groups in total. The Balaban J connectivity index is 1.86. The Morgan fingerprint density at radius 2 is 1.96 bits per heavy atom. The fraction of sp³-hybridized carbons (Fsp3) is 0.200. The molecular formula is C20H17N3O. The molecule has 4 rings (SSSR count). The van der Waals surface area contributed by atoms with E-state index in [1.807, 2.05) is 35.0 Å². The topological polar surface area (TPSA) is 50.8 Å². The summed E-state index contributed by atoms with van der Waals surface area (Å²) in [5.74, 6) is 0.765. The van der Waals surface area contributed by atoms with Gasteiger partial charge in [0.2, 0.25) is 0 Å². The van der Waals surface area contributed by atoms with Gasteiger partial charge in [-0.2, -0.15) is 10.4 Å². The number of fused-ring (bicyclic) bond motifs is 1. The minimum Gasteiger partial charge on any atom is -0.497 e. The average molecular weight is 315 g/mol. The molecule has 0 atom stereocenters. The zero-order valence-electron chi connectivity index (χ0n) is 13.5. The molecule has 0 bridgehead atoms. The van der Waals surface area contributed by atoms with E-state index in [0.717, 1.165) is 35.5 Å². The summed E-state index contributed by atoms with van der Waals surface area (Å²) < 4.78 is 7.13. The Labute approximate surface area is 140 Å². The minimum absolute atomic E-state index is 0.410. The maximum absolute atomic E-state index is 9.27. The van der Waals surface area contributed by atoms with Gasteiger partial charge in [-0.25, -0.2) is 4.68 Å². The molecule has 4 nitrogen and oxygen atoms in total. The lowest BCUT2D eigenvalue weighted by Gasteiger charge is -2.10. The van der Waals surface area contributed by atoms with Crippen molar-refractivity contribution in [3.8, 4) is 28.8 Å². The Morgan fingerprint density at radius 3 is 2.79 bits per heavy atom. The lowest BCUT2D eigenvalue weighted by molar-refractivity contribution is 0.414. The number of aryl methyl sites for hydroxylation is 2. The molecule has 24 heavy (non-hydrogen) atoms. The third-order valence-electron chi connectivity index (χ3n) is 4.52. The summed E-state index contributed by atoms with van der Waals surface area (Å²) in [5, 5.41) is 13.7. The van der Waals surface area contributed by atoms with Crippen LogP contribution in [0.5, 0.6) is 5.75 Å². The van der Waals surface area contributed by atoms with Crippen LogP contribution in [0, 0.1) is 11.3 Å². The van der Waals surface area contributed by atoms with E-state index in [0.29, 0.717) is 5.69 Å². The van der Waals surface area contributed by atoms with Crippen LogP contribution in [0.3, 0.4) is 0 Å². The zero-order valence-corrected chi connectivity index (χ0v) is 13.5. The molecule has 0 saturated carbocycles. The van der Waals surface area contributed by atoms with E-state index in [4.69, 9.17) is 4.74 Å². The van der Waals surface area contributed by atoms with Gasteiger partial charge < -0.3 is 4.74 Å². The zero-order chi connectivity index (χ0) is 16.5. The van der Waals surface area contributed by atoms with Crippen molar-refractivity contribution in [2.24, 2.45) is 0 Å². The van der Waals surface area contributed by atoms with Gasteiger partial charge in [-0.15, -0.1) is 0 Å². The number of nitriles is 1. The summed E-state index contributed by atoms with van der Waals surface area (Å²) in [4.78, 5) is 0. The first-order valence-electron chi connectivity index (χ1n) is 8.05. The molecule has 1 aliphatic rings. The fourth-order valence-corrected chi connectivity index (χ4v) is 3.31. The van der Waals surface area contributed by atoms with Gasteiger partial charge in [0.1, 0.15) is 11.8 Å². The van der Waals surface area contributed by atoms with Crippen LogP contribution in [-0.2, 0) is 12.8 Å². The molecule has 0 amide bonds. The third kappa shape index (κ3) is 2.44. The molecule has 0 fully saturated rings. The third-order valence-corrected chi connectivity index (χ3v) is 4.52. The maximum atomic E-state index is 9.27. The Morgan fingerprint density at radius 1 is 1.08 bits per heavy atom. The molecular weight excluding hydrogens is 298 g/mol. The molecule has 1 aliphatic carbocycles. The molecule has 0 unspecified atom stereocenters. The van der Waals surface area contributed by atoms with Crippen molar-refractivity contribution in [1.29, 1.82) is 5.26 Å². The average Bonchev–Trinajstić information content (AvgIpc) is 3.27. The Kier molecular flexibility index (Phi) is 3.55. The molecule has 118 valence electrons. The predicted molar refractivity (Wildman–Crippen MR) is 92.3 cm³/mol. The first kappa shape index (κ1) is 14.5. The molecule has 1 heterocycles. The second kappa shape index (κ2) is 5.86. The van der Waals surface area contributed by atoms with Gasteiger partial charge in [-0.3, -0.25) is 0 Å². The molecule has 1 aromatic heterocycles. The normalized spacial score (nSPS) is 12.7. The molecule has 4 heteroatoms. The quantitative estimate of drug-likeness (QED) is 0.736. The number of methoxy groups -OCH3 is 1. The monoisotopic (exact) mass is 315 g/mol. The maximum Gasteiger partial charge on any atom is 0.163 e. The van der Waals surface area contributed by atoms with E-state index in [1.165, 1.54) is 17.5 Å². The van der Waals surface area contributed by atoms with Crippen molar-refractivity contribution in [2.75, 3.05) is 7.11 Å². The number of hydrogen-bond donors (Lipinski definition) is 0. The number of rotatable bonds is 3. The van der Waals surface area contributed by atoms with Crippen molar-refractivity contribution >= 4 is 0 Å². The second-order valence-corrected chi connectivity index (χ2v) is 5.98. The molecule has 0 spiro atoms. The largest absolute Gasteiger partial charge is 0.497 e. The smallest absolute Gasteiger partial charge is 0.163 e. The van der Waals surface area contributed by atoms with E-state index in [9.17, 15) is 5.26 Å². The number of benzene rings is 2. The number of hydrogen-bond acceptors (Lipinski definition) is 3. The van der Waals surface area contributed by atoms with E-state index < -0.39 is 0 Å². The Bertz CT molecular complexity index is 950. The van der Waals surface area contributed by atoms with Crippen LogP contribution in [-0.4, -0.2) is 16.9 Å². The van der Waals surface area contributed by atoms with Crippen molar-refractivity contribution in [3.05, 3.63) is 65.4 Å². The lowest BCUT2D eigenvalue weighted by atomic mass is 10.0. The summed E-state index contributed by atoms with van der Waals surface area (Å²) in [7, 11) is 1.64. The summed E-state index contributed by atoms with van der Waals surface area (Å²) in [6.07, 6.45) is 3.51. The lowest BCUT2D eigenvalue weighted by Crippen LogP contribution is -2.00. The van der Waals surface area contributed by atoms with Crippen LogP contribution in [0.2, 0.25) is 0 Å². The molecule has 0 radical (unpaired) electrons. The fourth-order valence-electron chi connectivity index (χ4n) is 3.31. The van der Waals surface area contributed by atoms with Crippen molar-refractivity contribution in [1.82, 2.24) is 9.78 Å². The van der Waals surface area contributed by atoms with Gasteiger partial charge in [0.05, 0.1) is 18.5 Å². The highest BCUT2D eigenvalue weighted by molar-refractivity contribution is 5.66. The standard InChI is InChI=1S/C20H17N3O/c1-24-19-7-3-6-18(12-19)23-20(11-17(13-21)22-23)16-9-8-14-4-2-5-15(14)10-16/h3,6-12H,2,4-5H2,1H3. The second-order valence-electron chi connectivity index (χ2n) is 5.98. The summed E-state index contributed by atoms with van der Waals surface area (Å²) in [6.45, 7) is 0. The highest BCUT2D eigenvalue weighted by Crippen LogP contribution is 2.30. The molecule has 3 aromatic rings. The summed E-state index contributed by atoms with van der Waals surface area (Å²) in [5.41, 5.74) is 6.15. The van der Waals surface area contributed by atoms with Crippen molar-refractivity contribution < 1.29 is 4.74 Å². The van der Waals surface area contributed by atoms with E-state index in [-0.39, 0.29) is 0 Å². The van der Waals surface area contributed by atoms with Gasteiger partial charge in [0, 0.05) is 17.7 Å². The minimum atomic E-state index is 0.410. The summed E-state index contributed by atoms with van der Waals surface area (Å²) in [6, 6.07) is 18.3. The molecule has 0 aliphatic heterocycles. The Hall–Kier alpha value is -3.06. The van der Waals surface area contributed by atoms with Gasteiger partial charge in [-0.1, -0.05) is 18.2 Å². The van der Waals surface area contributed by atoms with E-state index in [2.05, 4.69) is 29.4 Å². The van der Waals surface area contributed by atoms with Crippen LogP contribution in [0.4, 0.5) is 0 Å². The number of nitrogens with zero attached hydrogens (tertiary/aromatic N) is 3. The van der Waals surface area contributed by atoms with Gasteiger partial charge >= 0.3 is 0 Å². The highest BCUT2D eigenvalue weighted by atomic mass is 16.5. The van der Waals surface area contributed by atoms with Crippen LogP contribution < -0.4 is 4.74 Å². The van der Waals surface area contributed by atoms with Crippen molar-refractivity contribution in [2.45, 2.75) is 19.3 Å². The first-order chi connectivity index (χ1) is 11.8. The number of aromatic nitrogens is 2.